The number of amides is 2. The average molecular weight is 533 g/mol. The van der Waals surface area contributed by atoms with Crippen LogP contribution in [0.15, 0.2) is 31.4 Å². The molecular weight excluding hydrogens is 506 g/mol. The largest absolute Gasteiger partial charge is 0.378 e. The summed E-state index contributed by atoms with van der Waals surface area (Å²) in [7, 11) is 0. The molecule has 0 aliphatic carbocycles. The minimum Gasteiger partial charge on any atom is -0.378 e. The van der Waals surface area contributed by atoms with Crippen LogP contribution in [0.4, 0.5) is 20.5 Å². The smallest absolute Gasteiger partial charge is 0.333 e. The van der Waals surface area contributed by atoms with E-state index in [1.165, 1.54) is 23.3 Å². The lowest BCUT2D eigenvalue weighted by atomic mass is 10.1. The lowest BCUT2D eigenvalue weighted by Gasteiger charge is -2.27. The number of nitrogens with zero attached hydrogens (tertiary/aromatic N) is 7. The lowest BCUT2D eigenvalue weighted by Crippen LogP contribution is -2.51. The Morgan fingerprint density at radius 2 is 1.92 bits per heavy atom. The molecule has 0 radical (unpaired) electrons. The van der Waals surface area contributed by atoms with Crippen molar-refractivity contribution in [3.05, 3.63) is 31.4 Å². The Morgan fingerprint density at radius 3 is 2.63 bits per heavy atom. The van der Waals surface area contributed by atoms with Crippen LogP contribution in [0.5, 0.6) is 0 Å². The van der Waals surface area contributed by atoms with Crippen molar-refractivity contribution in [2.45, 2.75) is 18.6 Å². The summed E-state index contributed by atoms with van der Waals surface area (Å²) < 4.78 is 39.0. The molecule has 0 aromatic carbocycles. The van der Waals surface area contributed by atoms with Crippen molar-refractivity contribution in [3.63, 3.8) is 0 Å². The Bertz CT molecular complexity index is 1320. The highest BCUT2D eigenvalue weighted by atomic mass is 19.3. The van der Waals surface area contributed by atoms with Crippen molar-refractivity contribution < 1.29 is 27.8 Å². The predicted octanol–water partition coefficient (Wildman–Crippen LogP) is -0.159. The Morgan fingerprint density at radius 1 is 1.16 bits per heavy atom. The monoisotopic (exact) mass is 532 g/mol. The maximum absolute atomic E-state index is 13.1. The number of halogens is 2. The Kier molecular flexibility index (Phi) is 7.41. The van der Waals surface area contributed by atoms with E-state index in [1.807, 2.05) is 4.90 Å². The van der Waals surface area contributed by atoms with Gasteiger partial charge in [-0.25, -0.2) is 9.67 Å². The van der Waals surface area contributed by atoms with Crippen LogP contribution < -0.4 is 20.9 Å². The van der Waals surface area contributed by atoms with Gasteiger partial charge in [0.05, 0.1) is 63.1 Å². The molecule has 3 aromatic rings. The highest BCUT2D eigenvalue weighted by Crippen LogP contribution is 2.26. The first-order chi connectivity index (χ1) is 18.4. The van der Waals surface area contributed by atoms with Gasteiger partial charge in [-0.05, 0) is 6.08 Å². The van der Waals surface area contributed by atoms with E-state index in [4.69, 9.17) is 9.47 Å². The maximum atomic E-state index is 13.1. The van der Waals surface area contributed by atoms with Crippen molar-refractivity contribution in [2.75, 3.05) is 56.3 Å². The summed E-state index contributed by atoms with van der Waals surface area (Å²) in [4.78, 5) is 39.9. The van der Waals surface area contributed by atoms with Gasteiger partial charge in [-0.1, -0.05) is 6.58 Å². The molecule has 38 heavy (non-hydrogen) atoms. The van der Waals surface area contributed by atoms with Gasteiger partial charge in [0, 0.05) is 13.1 Å². The fourth-order valence-electron chi connectivity index (χ4n) is 4.17. The van der Waals surface area contributed by atoms with Crippen LogP contribution in [0.25, 0.3) is 16.9 Å². The molecule has 16 heteroatoms. The van der Waals surface area contributed by atoms with Gasteiger partial charge >= 0.3 is 6.55 Å². The number of alkyl halides is 2. The lowest BCUT2D eigenvalue weighted by molar-refractivity contribution is -0.121. The van der Waals surface area contributed by atoms with Gasteiger partial charge in [-0.3, -0.25) is 14.2 Å². The predicted molar refractivity (Wildman–Crippen MR) is 130 cm³/mol. The number of carbonyl (C=O) groups excluding carboxylic acids is 2. The van der Waals surface area contributed by atoms with Crippen LogP contribution in [0.1, 0.15) is 6.55 Å². The molecule has 0 unspecified atom stereocenters. The van der Waals surface area contributed by atoms with E-state index in [0.717, 1.165) is 6.08 Å². The first-order valence-corrected chi connectivity index (χ1v) is 11.9. The molecular formula is C22H26F2N10O4. The summed E-state index contributed by atoms with van der Waals surface area (Å²) in [5.74, 6) is -0.0313. The summed E-state index contributed by atoms with van der Waals surface area (Å²) in [5, 5.41) is 12.3. The summed E-state index contributed by atoms with van der Waals surface area (Å²) in [6, 6.07) is -0.791. The van der Waals surface area contributed by atoms with Crippen molar-refractivity contribution in [1.29, 1.82) is 0 Å². The number of fused-ring (bicyclic) bond motifs is 1. The quantitative estimate of drug-likeness (QED) is 0.317. The zero-order chi connectivity index (χ0) is 26.6. The van der Waals surface area contributed by atoms with E-state index in [1.54, 1.807) is 0 Å². The van der Waals surface area contributed by atoms with Gasteiger partial charge in [-0.2, -0.15) is 23.8 Å². The van der Waals surface area contributed by atoms with Gasteiger partial charge in [0.1, 0.15) is 6.33 Å². The molecule has 202 valence electrons. The SMILES string of the molecule is C=CC(=O)N[C@H]1COC[C@H]1NC(=O)CNc1nc(N2CCOCC2)nc2c1ncn2-c1cnn(C(F)F)c1. The average Bonchev–Trinajstić information content (AvgIpc) is 3.68. The normalized spacial score (nSPS) is 19.6. The molecule has 0 bridgehead atoms. The molecule has 2 amide bonds. The summed E-state index contributed by atoms with van der Waals surface area (Å²) in [6.07, 6.45) is 5.07. The van der Waals surface area contributed by atoms with Gasteiger partial charge in [0.25, 0.3) is 0 Å². The number of aromatic nitrogens is 6. The van der Waals surface area contributed by atoms with Gasteiger partial charge in [0.15, 0.2) is 17.0 Å². The van der Waals surface area contributed by atoms with E-state index < -0.39 is 12.6 Å². The molecule has 14 nitrogen and oxygen atoms in total. The fourth-order valence-corrected chi connectivity index (χ4v) is 4.17. The van der Waals surface area contributed by atoms with Crippen LogP contribution in [-0.4, -0.2) is 99.3 Å². The third-order valence-electron chi connectivity index (χ3n) is 6.10. The molecule has 0 saturated carbocycles. The minimum absolute atomic E-state index is 0.149. The Labute approximate surface area is 215 Å². The number of anilines is 2. The summed E-state index contributed by atoms with van der Waals surface area (Å²) in [5.41, 5.74) is 1.05. The fraction of sp³-hybridized carbons (Fsp3) is 0.455. The van der Waals surface area contributed by atoms with Crippen molar-refractivity contribution in [3.8, 4) is 5.69 Å². The van der Waals surface area contributed by atoms with Crippen LogP contribution in [-0.2, 0) is 19.1 Å². The van der Waals surface area contributed by atoms with Crippen molar-refractivity contribution >= 4 is 34.7 Å². The highest BCUT2D eigenvalue weighted by molar-refractivity contribution is 5.89. The van der Waals surface area contributed by atoms with Crippen LogP contribution in [0, 0.1) is 0 Å². The maximum Gasteiger partial charge on any atom is 0.333 e. The Balaban J connectivity index is 1.37. The minimum atomic E-state index is -2.79. The second kappa shape index (κ2) is 11.1. The van der Waals surface area contributed by atoms with E-state index >= 15 is 0 Å². The van der Waals surface area contributed by atoms with Crippen LogP contribution >= 0.6 is 0 Å². The second-order valence-electron chi connectivity index (χ2n) is 8.60. The van der Waals surface area contributed by atoms with Crippen molar-refractivity contribution in [2.24, 2.45) is 0 Å². The van der Waals surface area contributed by atoms with E-state index in [-0.39, 0.29) is 37.6 Å². The molecule has 0 spiro atoms. The van der Waals surface area contributed by atoms with Crippen molar-refractivity contribution in [1.82, 2.24) is 39.9 Å². The zero-order valence-electron chi connectivity index (χ0n) is 20.2. The summed E-state index contributed by atoms with van der Waals surface area (Å²) in [6.45, 7) is 3.13. The number of hydrogen-bond donors (Lipinski definition) is 3. The highest BCUT2D eigenvalue weighted by Gasteiger charge is 2.30. The third-order valence-corrected chi connectivity index (χ3v) is 6.10. The molecule has 2 saturated heterocycles. The molecule has 5 rings (SSSR count). The van der Waals surface area contributed by atoms with Gasteiger partial charge < -0.3 is 30.3 Å². The van der Waals surface area contributed by atoms with E-state index in [0.29, 0.717) is 59.6 Å². The van der Waals surface area contributed by atoms with Crippen LogP contribution in [0.2, 0.25) is 0 Å². The Hall–Kier alpha value is -4.18. The van der Waals surface area contributed by atoms with E-state index in [2.05, 4.69) is 42.6 Å². The number of hydrogen-bond acceptors (Lipinski definition) is 10. The molecule has 2 aliphatic rings. The molecule has 5 heterocycles. The number of carbonyl (C=O) groups is 2. The van der Waals surface area contributed by atoms with E-state index in [9.17, 15) is 18.4 Å². The first-order valence-electron chi connectivity index (χ1n) is 11.9. The summed E-state index contributed by atoms with van der Waals surface area (Å²) >= 11 is 0. The molecule has 3 aromatic heterocycles. The topological polar surface area (TPSA) is 153 Å². The number of rotatable bonds is 9. The second-order valence-corrected chi connectivity index (χ2v) is 8.60. The molecule has 3 N–H and O–H groups in total. The number of morpholine rings is 1. The molecule has 2 atom stereocenters. The standard InChI is InChI=1S/C22H26F2N10O4/c1-2-16(35)28-14-10-38-11-15(14)29-17(36)8-25-19-18-20(31-22(30-19)32-3-5-37-6-4-32)33(12-26-18)13-7-27-34(9-13)21(23)24/h2,7,9,12,14-15,21H,1,3-6,8,10-11H2,(H,28,35)(H,29,36)(H,25,30,31)/t14-,15+/m0/s1. The first kappa shape index (κ1) is 25.5. The third kappa shape index (κ3) is 5.40. The molecule has 2 aliphatic heterocycles. The van der Waals surface area contributed by atoms with Gasteiger partial charge in [-0.15, -0.1) is 0 Å². The van der Waals surface area contributed by atoms with Gasteiger partial charge in [0.2, 0.25) is 17.8 Å². The van der Waals surface area contributed by atoms with Crippen LogP contribution in [0.3, 0.4) is 0 Å². The number of imidazole rings is 1. The number of nitrogens with one attached hydrogen (secondary N) is 3. The number of ether oxygens (including phenoxy) is 2. The zero-order valence-corrected chi connectivity index (χ0v) is 20.2. The molecule has 2 fully saturated rings.